The van der Waals surface area contributed by atoms with Crippen molar-refractivity contribution >= 4 is 0 Å². The Kier molecular flexibility index (Phi) is 8.20. The maximum absolute atomic E-state index is 9.28. The highest BCUT2D eigenvalue weighted by molar-refractivity contribution is 4.72. The molecule has 2 nitrogen and oxygen atoms in total. The van der Waals surface area contributed by atoms with Gasteiger partial charge in [-0.3, -0.25) is 0 Å². The smallest absolute Gasteiger partial charge is 0.0484 e. The highest BCUT2D eigenvalue weighted by Crippen LogP contribution is 2.29. The summed E-state index contributed by atoms with van der Waals surface area (Å²) in [5.74, 6) is 0. The maximum atomic E-state index is 9.28. The molecule has 2 heteroatoms. The van der Waals surface area contributed by atoms with E-state index in [0.29, 0.717) is 13.2 Å². The van der Waals surface area contributed by atoms with Crippen LogP contribution in [0.5, 0.6) is 0 Å². The normalized spacial score (nSPS) is 15.4. The van der Waals surface area contributed by atoms with Crippen molar-refractivity contribution in [3.63, 3.8) is 0 Å². The molecule has 0 spiro atoms. The van der Waals surface area contributed by atoms with Gasteiger partial charge in [-0.15, -0.1) is 0 Å². The van der Waals surface area contributed by atoms with Gasteiger partial charge in [0.1, 0.15) is 0 Å². The van der Waals surface area contributed by atoms with Crippen molar-refractivity contribution in [2.75, 3.05) is 13.2 Å². The molecule has 1 atom stereocenters. The van der Waals surface area contributed by atoms with Gasteiger partial charge in [-0.2, -0.15) is 0 Å². The van der Waals surface area contributed by atoms with Crippen LogP contribution in [0.3, 0.4) is 0 Å². The van der Waals surface area contributed by atoms with Gasteiger partial charge in [0, 0.05) is 13.2 Å². The van der Waals surface area contributed by atoms with Gasteiger partial charge in [-0.1, -0.05) is 39.5 Å². The molecule has 0 aromatic rings. The first-order valence-corrected chi connectivity index (χ1v) is 5.90. The second-order valence-corrected chi connectivity index (χ2v) is 4.61. The Bertz CT molecular complexity index is 125. The number of hydrogen-bond donors (Lipinski definition) is 2. The molecule has 0 aliphatic heterocycles. The van der Waals surface area contributed by atoms with Gasteiger partial charge in [0.2, 0.25) is 0 Å². The van der Waals surface area contributed by atoms with E-state index in [9.17, 15) is 5.11 Å². The maximum Gasteiger partial charge on any atom is 0.0484 e. The number of rotatable bonds is 9. The van der Waals surface area contributed by atoms with Gasteiger partial charge >= 0.3 is 0 Å². The minimum atomic E-state index is 0.133. The molecule has 14 heavy (non-hydrogen) atoms. The molecule has 0 saturated carbocycles. The SMILES string of the molecule is CCCC(C)(CO)CCCCCCO. The Balaban J connectivity index is 3.51. The van der Waals surface area contributed by atoms with Crippen LogP contribution in [0.2, 0.25) is 0 Å². The third-order valence-corrected chi connectivity index (χ3v) is 2.92. The van der Waals surface area contributed by atoms with Crippen molar-refractivity contribution in [2.45, 2.75) is 58.8 Å². The number of aliphatic hydroxyl groups excluding tert-OH is 2. The lowest BCUT2D eigenvalue weighted by atomic mass is 9.81. The van der Waals surface area contributed by atoms with Crippen LogP contribution in [-0.4, -0.2) is 23.4 Å². The van der Waals surface area contributed by atoms with E-state index in [4.69, 9.17) is 5.11 Å². The molecular weight excluding hydrogens is 176 g/mol. The van der Waals surface area contributed by atoms with Crippen LogP contribution >= 0.6 is 0 Å². The van der Waals surface area contributed by atoms with Crippen LogP contribution in [0, 0.1) is 5.41 Å². The summed E-state index contributed by atoms with van der Waals surface area (Å²) in [5.41, 5.74) is 0.133. The molecule has 0 bridgehead atoms. The van der Waals surface area contributed by atoms with Crippen LogP contribution in [0.25, 0.3) is 0 Å². The van der Waals surface area contributed by atoms with Gasteiger partial charge in [-0.05, 0) is 24.7 Å². The molecule has 0 aromatic heterocycles. The van der Waals surface area contributed by atoms with Crippen molar-refractivity contribution in [3.8, 4) is 0 Å². The first kappa shape index (κ1) is 13.9. The van der Waals surface area contributed by atoms with Crippen LogP contribution < -0.4 is 0 Å². The Morgan fingerprint density at radius 2 is 1.57 bits per heavy atom. The Hall–Kier alpha value is -0.0800. The minimum Gasteiger partial charge on any atom is -0.396 e. The fourth-order valence-corrected chi connectivity index (χ4v) is 1.90. The van der Waals surface area contributed by atoms with E-state index in [1.165, 1.54) is 12.8 Å². The molecule has 0 saturated heterocycles. The van der Waals surface area contributed by atoms with Gasteiger partial charge in [0.05, 0.1) is 0 Å². The Morgan fingerprint density at radius 1 is 0.929 bits per heavy atom. The molecule has 0 aliphatic carbocycles. The molecule has 1 unspecified atom stereocenters. The molecule has 0 radical (unpaired) electrons. The first-order chi connectivity index (χ1) is 6.68. The van der Waals surface area contributed by atoms with E-state index < -0.39 is 0 Å². The molecule has 0 aromatic carbocycles. The van der Waals surface area contributed by atoms with E-state index in [2.05, 4.69) is 13.8 Å². The monoisotopic (exact) mass is 202 g/mol. The zero-order valence-corrected chi connectivity index (χ0v) is 9.76. The van der Waals surface area contributed by atoms with E-state index in [1.807, 2.05) is 0 Å². The summed E-state index contributed by atoms with van der Waals surface area (Å²) in [6.45, 7) is 4.95. The molecule has 2 N–H and O–H groups in total. The van der Waals surface area contributed by atoms with Crippen LogP contribution in [-0.2, 0) is 0 Å². The summed E-state index contributed by atoms with van der Waals surface area (Å²) in [5, 5.41) is 17.9. The molecule has 0 aliphatic rings. The molecular formula is C12H26O2. The Labute approximate surface area is 88.3 Å². The lowest BCUT2D eigenvalue weighted by molar-refractivity contribution is 0.118. The third kappa shape index (κ3) is 6.39. The standard InChI is InChI=1S/C12H26O2/c1-3-8-12(2,11-14)9-6-4-5-7-10-13/h13-14H,3-11H2,1-2H3. The number of hydrogen-bond acceptors (Lipinski definition) is 2. The summed E-state index contributed by atoms with van der Waals surface area (Å²) in [6, 6.07) is 0. The van der Waals surface area contributed by atoms with Crippen molar-refractivity contribution in [1.82, 2.24) is 0 Å². The number of unbranched alkanes of at least 4 members (excludes halogenated alkanes) is 3. The van der Waals surface area contributed by atoms with Crippen molar-refractivity contribution in [2.24, 2.45) is 5.41 Å². The predicted molar refractivity (Wildman–Crippen MR) is 60.3 cm³/mol. The second kappa shape index (κ2) is 8.25. The molecule has 86 valence electrons. The third-order valence-electron chi connectivity index (χ3n) is 2.92. The zero-order valence-electron chi connectivity index (χ0n) is 9.76. The molecule has 0 rings (SSSR count). The molecule has 0 fully saturated rings. The highest BCUT2D eigenvalue weighted by atomic mass is 16.3. The van der Waals surface area contributed by atoms with Crippen molar-refractivity contribution in [1.29, 1.82) is 0 Å². The topological polar surface area (TPSA) is 40.5 Å². The lowest BCUT2D eigenvalue weighted by Crippen LogP contribution is -2.20. The molecule has 0 amide bonds. The van der Waals surface area contributed by atoms with Gasteiger partial charge in [-0.25, -0.2) is 0 Å². The first-order valence-electron chi connectivity index (χ1n) is 5.90. The van der Waals surface area contributed by atoms with E-state index in [1.54, 1.807) is 0 Å². The van der Waals surface area contributed by atoms with Crippen LogP contribution in [0.1, 0.15) is 58.8 Å². The average Bonchev–Trinajstić information content (AvgIpc) is 2.18. The average molecular weight is 202 g/mol. The predicted octanol–water partition coefficient (Wildman–Crippen LogP) is 2.73. The molecule has 0 heterocycles. The van der Waals surface area contributed by atoms with E-state index in [-0.39, 0.29) is 5.41 Å². The lowest BCUT2D eigenvalue weighted by Gasteiger charge is -2.26. The highest BCUT2D eigenvalue weighted by Gasteiger charge is 2.21. The number of aliphatic hydroxyl groups is 2. The summed E-state index contributed by atoms with van der Waals surface area (Å²) in [4.78, 5) is 0. The Morgan fingerprint density at radius 3 is 2.07 bits per heavy atom. The van der Waals surface area contributed by atoms with Crippen molar-refractivity contribution in [3.05, 3.63) is 0 Å². The fourth-order valence-electron chi connectivity index (χ4n) is 1.90. The summed E-state index contributed by atoms with van der Waals surface area (Å²) in [7, 11) is 0. The van der Waals surface area contributed by atoms with E-state index >= 15 is 0 Å². The van der Waals surface area contributed by atoms with Gasteiger partial charge in [0.15, 0.2) is 0 Å². The summed E-state index contributed by atoms with van der Waals surface area (Å²) < 4.78 is 0. The second-order valence-electron chi connectivity index (χ2n) is 4.61. The quantitative estimate of drug-likeness (QED) is 0.564. The van der Waals surface area contributed by atoms with Crippen molar-refractivity contribution < 1.29 is 10.2 Å². The summed E-state index contributed by atoms with van der Waals surface area (Å²) in [6.07, 6.45) is 7.77. The zero-order chi connectivity index (χ0) is 10.9. The van der Waals surface area contributed by atoms with Gasteiger partial charge < -0.3 is 10.2 Å². The van der Waals surface area contributed by atoms with Crippen LogP contribution in [0.4, 0.5) is 0 Å². The van der Waals surface area contributed by atoms with E-state index in [0.717, 1.165) is 32.1 Å². The van der Waals surface area contributed by atoms with Crippen LogP contribution in [0.15, 0.2) is 0 Å². The largest absolute Gasteiger partial charge is 0.396 e. The summed E-state index contributed by atoms with van der Waals surface area (Å²) >= 11 is 0. The van der Waals surface area contributed by atoms with Gasteiger partial charge in [0.25, 0.3) is 0 Å². The fraction of sp³-hybridized carbons (Fsp3) is 1.00. The minimum absolute atomic E-state index is 0.133.